The van der Waals surface area contributed by atoms with Gasteiger partial charge in [0.15, 0.2) is 5.69 Å². The van der Waals surface area contributed by atoms with E-state index in [9.17, 15) is 13.2 Å². The van der Waals surface area contributed by atoms with Gasteiger partial charge in [-0.15, -0.1) is 0 Å². The standard InChI is InChI=1S/C24H27N3O5S/c1-17-8-7-11-22(18(17)2)31-16-21-19(3)32-25-23(21)24(28)26-12-14-27(15-13-26)33(29,30)20-9-5-4-6-10-20/h4-11H,12-16H2,1-3H3. The van der Waals surface area contributed by atoms with Gasteiger partial charge in [0, 0.05) is 26.2 Å². The maximum atomic E-state index is 13.2. The van der Waals surface area contributed by atoms with Gasteiger partial charge in [0.05, 0.1) is 10.5 Å². The molecule has 1 amide bonds. The molecule has 0 saturated carbocycles. The molecule has 1 fully saturated rings. The van der Waals surface area contributed by atoms with Gasteiger partial charge in [-0.05, 0) is 50.1 Å². The Balaban J connectivity index is 1.44. The van der Waals surface area contributed by atoms with Crippen molar-refractivity contribution in [3.63, 3.8) is 0 Å². The molecule has 0 atom stereocenters. The van der Waals surface area contributed by atoms with E-state index in [2.05, 4.69) is 5.16 Å². The van der Waals surface area contributed by atoms with E-state index in [0.717, 1.165) is 16.9 Å². The number of rotatable bonds is 6. The normalized spacial score (nSPS) is 14.9. The zero-order valence-electron chi connectivity index (χ0n) is 18.9. The summed E-state index contributed by atoms with van der Waals surface area (Å²) in [6.45, 7) is 6.88. The smallest absolute Gasteiger partial charge is 0.276 e. The number of carbonyl (C=O) groups is 1. The molecule has 0 spiro atoms. The SMILES string of the molecule is Cc1cccc(OCc2c(C(=O)N3CCN(S(=O)(=O)c4ccccc4)CC3)noc2C)c1C. The number of ether oxygens (including phenoxy) is 1. The highest BCUT2D eigenvalue weighted by Crippen LogP contribution is 2.24. The van der Waals surface area contributed by atoms with Crippen molar-refractivity contribution in [3.8, 4) is 5.75 Å². The molecule has 1 saturated heterocycles. The van der Waals surface area contributed by atoms with Crippen LogP contribution in [0.2, 0.25) is 0 Å². The van der Waals surface area contributed by atoms with Gasteiger partial charge in [-0.1, -0.05) is 35.5 Å². The highest BCUT2D eigenvalue weighted by Gasteiger charge is 2.32. The predicted octanol–water partition coefficient (Wildman–Crippen LogP) is 3.33. The lowest BCUT2D eigenvalue weighted by atomic mass is 10.1. The molecule has 9 heteroatoms. The lowest BCUT2D eigenvalue weighted by molar-refractivity contribution is 0.0685. The molecule has 0 unspecified atom stereocenters. The molecule has 33 heavy (non-hydrogen) atoms. The van der Waals surface area contributed by atoms with Crippen LogP contribution in [-0.2, 0) is 16.6 Å². The topological polar surface area (TPSA) is 93.0 Å². The van der Waals surface area contributed by atoms with E-state index in [0.29, 0.717) is 11.3 Å². The van der Waals surface area contributed by atoms with Crippen molar-refractivity contribution in [1.29, 1.82) is 0 Å². The Hall–Kier alpha value is -3.17. The van der Waals surface area contributed by atoms with Gasteiger partial charge >= 0.3 is 0 Å². The molecule has 2 heterocycles. The van der Waals surface area contributed by atoms with Gasteiger partial charge in [-0.25, -0.2) is 8.42 Å². The molecular formula is C24H27N3O5S. The summed E-state index contributed by atoms with van der Waals surface area (Å²) >= 11 is 0. The van der Waals surface area contributed by atoms with Gasteiger partial charge < -0.3 is 14.2 Å². The van der Waals surface area contributed by atoms with Crippen molar-refractivity contribution < 1.29 is 22.5 Å². The molecule has 0 aliphatic carbocycles. The highest BCUT2D eigenvalue weighted by molar-refractivity contribution is 7.89. The second kappa shape index (κ2) is 9.36. The van der Waals surface area contributed by atoms with Crippen LogP contribution < -0.4 is 4.74 Å². The van der Waals surface area contributed by atoms with Crippen molar-refractivity contribution in [2.75, 3.05) is 26.2 Å². The first-order chi connectivity index (χ1) is 15.8. The summed E-state index contributed by atoms with van der Waals surface area (Å²) in [5.74, 6) is 0.978. The molecule has 3 aromatic rings. The Bertz CT molecular complexity index is 1250. The van der Waals surface area contributed by atoms with Crippen LogP contribution in [0, 0.1) is 20.8 Å². The largest absolute Gasteiger partial charge is 0.488 e. The fourth-order valence-corrected chi connectivity index (χ4v) is 5.23. The minimum absolute atomic E-state index is 0.156. The second-order valence-electron chi connectivity index (χ2n) is 8.06. The van der Waals surface area contributed by atoms with Crippen LogP contribution in [-0.4, -0.2) is 54.9 Å². The summed E-state index contributed by atoms with van der Waals surface area (Å²) in [6.07, 6.45) is 0. The maximum Gasteiger partial charge on any atom is 0.276 e. The van der Waals surface area contributed by atoms with Crippen molar-refractivity contribution >= 4 is 15.9 Å². The molecule has 1 aliphatic rings. The molecule has 4 rings (SSSR count). The van der Waals surface area contributed by atoms with Crippen LogP contribution in [0.4, 0.5) is 0 Å². The Labute approximate surface area is 193 Å². The Morgan fingerprint density at radius 1 is 1.00 bits per heavy atom. The van der Waals surface area contributed by atoms with Crippen molar-refractivity contribution in [2.45, 2.75) is 32.3 Å². The first kappa shape index (κ1) is 23.0. The minimum Gasteiger partial charge on any atom is -0.488 e. The quantitative estimate of drug-likeness (QED) is 0.550. The van der Waals surface area contributed by atoms with Crippen LogP contribution in [0.25, 0.3) is 0 Å². The Morgan fingerprint density at radius 3 is 2.39 bits per heavy atom. The van der Waals surface area contributed by atoms with Crippen LogP contribution >= 0.6 is 0 Å². The van der Waals surface area contributed by atoms with Crippen LogP contribution in [0.3, 0.4) is 0 Å². The van der Waals surface area contributed by atoms with Gasteiger partial charge in [-0.2, -0.15) is 4.31 Å². The Morgan fingerprint density at radius 2 is 1.70 bits per heavy atom. The van der Waals surface area contributed by atoms with E-state index in [-0.39, 0.29) is 49.3 Å². The number of hydrogen-bond donors (Lipinski definition) is 0. The molecule has 0 bridgehead atoms. The number of amides is 1. The lowest BCUT2D eigenvalue weighted by Crippen LogP contribution is -2.50. The number of hydrogen-bond acceptors (Lipinski definition) is 6. The van der Waals surface area contributed by atoms with Gasteiger partial charge in [0.2, 0.25) is 10.0 Å². The zero-order chi connectivity index (χ0) is 23.6. The van der Waals surface area contributed by atoms with Gasteiger partial charge in [0.1, 0.15) is 18.1 Å². The maximum absolute atomic E-state index is 13.2. The molecule has 0 radical (unpaired) electrons. The van der Waals surface area contributed by atoms with Crippen molar-refractivity contribution in [1.82, 2.24) is 14.4 Å². The zero-order valence-corrected chi connectivity index (χ0v) is 19.8. The number of aryl methyl sites for hydroxylation is 2. The molecular weight excluding hydrogens is 442 g/mol. The predicted molar refractivity (Wildman–Crippen MR) is 123 cm³/mol. The summed E-state index contributed by atoms with van der Waals surface area (Å²) in [7, 11) is -3.59. The summed E-state index contributed by atoms with van der Waals surface area (Å²) < 4.78 is 38.4. The van der Waals surface area contributed by atoms with Crippen LogP contribution in [0.5, 0.6) is 5.75 Å². The molecule has 0 N–H and O–H groups in total. The number of aromatic nitrogens is 1. The van der Waals surface area contributed by atoms with E-state index in [1.54, 1.807) is 42.2 Å². The molecule has 8 nitrogen and oxygen atoms in total. The average Bonchev–Trinajstić information content (AvgIpc) is 3.20. The van der Waals surface area contributed by atoms with E-state index >= 15 is 0 Å². The summed E-state index contributed by atoms with van der Waals surface area (Å²) in [6, 6.07) is 14.1. The van der Waals surface area contributed by atoms with Gasteiger partial charge in [-0.3, -0.25) is 4.79 Å². The van der Waals surface area contributed by atoms with E-state index in [4.69, 9.17) is 9.26 Å². The van der Waals surface area contributed by atoms with Crippen LogP contribution in [0.15, 0.2) is 57.9 Å². The van der Waals surface area contributed by atoms with E-state index in [1.165, 1.54) is 4.31 Å². The third-order valence-corrected chi connectivity index (χ3v) is 7.93. The molecule has 1 aromatic heterocycles. The monoisotopic (exact) mass is 469 g/mol. The molecule has 1 aliphatic heterocycles. The van der Waals surface area contributed by atoms with Crippen molar-refractivity contribution in [3.05, 3.63) is 76.7 Å². The van der Waals surface area contributed by atoms with Crippen LogP contribution in [0.1, 0.15) is 32.9 Å². The number of benzene rings is 2. The number of sulfonamides is 1. The van der Waals surface area contributed by atoms with Gasteiger partial charge in [0.25, 0.3) is 5.91 Å². The molecule has 2 aromatic carbocycles. The first-order valence-electron chi connectivity index (χ1n) is 10.8. The Kier molecular flexibility index (Phi) is 6.53. The number of piperazine rings is 1. The van der Waals surface area contributed by atoms with Crippen molar-refractivity contribution in [2.24, 2.45) is 0 Å². The van der Waals surface area contributed by atoms with E-state index in [1.807, 2.05) is 32.0 Å². The third-order valence-electron chi connectivity index (χ3n) is 6.02. The summed E-state index contributed by atoms with van der Waals surface area (Å²) in [5.41, 5.74) is 2.96. The number of nitrogens with zero attached hydrogens (tertiary/aromatic N) is 3. The fourth-order valence-electron chi connectivity index (χ4n) is 3.78. The second-order valence-corrected chi connectivity index (χ2v) is 10.00. The fraction of sp³-hybridized carbons (Fsp3) is 0.333. The first-order valence-corrected chi connectivity index (χ1v) is 12.2. The van der Waals surface area contributed by atoms with E-state index < -0.39 is 10.0 Å². The average molecular weight is 470 g/mol. The highest BCUT2D eigenvalue weighted by atomic mass is 32.2. The molecule has 174 valence electrons. The third kappa shape index (κ3) is 4.65. The minimum atomic E-state index is -3.59. The summed E-state index contributed by atoms with van der Waals surface area (Å²) in [4.78, 5) is 15.0. The number of carbonyl (C=O) groups excluding carboxylic acids is 1. The lowest BCUT2D eigenvalue weighted by Gasteiger charge is -2.33. The summed E-state index contributed by atoms with van der Waals surface area (Å²) in [5, 5.41) is 3.98.